The minimum atomic E-state index is -1.28. The highest BCUT2D eigenvalue weighted by Gasteiger charge is 2.45. The van der Waals surface area contributed by atoms with E-state index in [2.05, 4.69) is 0 Å². The average Bonchev–Trinajstić information content (AvgIpc) is 1.99. The molecule has 0 bridgehead atoms. The van der Waals surface area contributed by atoms with E-state index in [0.717, 1.165) is 5.57 Å². The third-order valence-electron chi connectivity index (χ3n) is 3.21. The number of carboxylic acids is 1. The summed E-state index contributed by atoms with van der Waals surface area (Å²) in [6.07, 6.45) is 4.91. The molecular formula is C11H16O3. The van der Waals surface area contributed by atoms with Crippen molar-refractivity contribution in [3.05, 3.63) is 23.8 Å². The van der Waals surface area contributed by atoms with Crippen LogP contribution in [0, 0.1) is 5.41 Å². The number of hydrogen-bond acceptors (Lipinski definition) is 2. The summed E-state index contributed by atoms with van der Waals surface area (Å²) < 4.78 is 0. The molecule has 0 aromatic heterocycles. The largest absolute Gasteiger partial charge is 0.481 e. The van der Waals surface area contributed by atoms with Gasteiger partial charge < -0.3 is 10.2 Å². The minimum Gasteiger partial charge on any atom is -0.481 e. The predicted octanol–water partition coefficient (Wildman–Crippen LogP) is 1.73. The van der Waals surface area contributed by atoms with Crippen molar-refractivity contribution < 1.29 is 15.0 Å². The van der Waals surface area contributed by atoms with Crippen molar-refractivity contribution in [2.75, 3.05) is 0 Å². The van der Waals surface area contributed by atoms with Crippen LogP contribution in [0.1, 0.15) is 27.2 Å². The van der Waals surface area contributed by atoms with Gasteiger partial charge in [0.05, 0.1) is 6.42 Å². The lowest BCUT2D eigenvalue weighted by molar-refractivity contribution is -0.144. The molecule has 1 aliphatic carbocycles. The highest BCUT2D eigenvalue weighted by molar-refractivity contribution is 5.69. The van der Waals surface area contributed by atoms with Crippen molar-refractivity contribution in [3.8, 4) is 0 Å². The van der Waals surface area contributed by atoms with Crippen LogP contribution in [0.5, 0.6) is 0 Å². The van der Waals surface area contributed by atoms with Crippen molar-refractivity contribution in [1.82, 2.24) is 0 Å². The van der Waals surface area contributed by atoms with Gasteiger partial charge in [0.25, 0.3) is 0 Å². The summed E-state index contributed by atoms with van der Waals surface area (Å²) >= 11 is 0. The maximum atomic E-state index is 10.7. The summed E-state index contributed by atoms with van der Waals surface area (Å²) in [6, 6.07) is 0. The molecule has 0 aromatic carbocycles. The van der Waals surface area contributed by atoms with Gasteiger partial charge in [-0.1, -0.05) is 37.6 Å². The lowest BCUT2D eigenvalue weighted by atomic mass is 9.66. The van der Waals surface area contributed by atoms with E-state index in [1.807, 2.05) is 26.8 Å². The lowest BCUT2D eigenvalue weighted by Crippen LogP contribution is -2.46. The molecule has 0 spiro atoms. The molecule has 3 nitrogen and oxygen atoms in total. The molecule has 0 saturated carbocycles. The highest BCUT2D eigenvalue weighted by atomic mass is 16.4. The Morgan fingerprint density at radius 2 is 2.07 bits per heavy atom. The lowest BCUT2D eigenvalue weighted by Gasteiger charge is -2.42. The summed E-state index contributed by atoms with van der Waals surface area (Å²) in [4.78, 5) is 10.7. The van der Waals surface area contributed by atoms with Gasteiger partial charge >= 0.3 is 5.97 Å². The van der Waals surface area contributed by atoms with E-state index < -0.39 is 17.0 Å². The Hall–Kier alpha value is -1.09. The Balaban J connectivity index is 3.05. The molecule has 78 valence electrons. The van der Waals surface area contributed by atoms with Gasteiger partial charge in [-0.2, -0.15) is 0 Å². The Labute approximate surface area is 83.8 Å². The zero-order valence-electron chi connectivity index (χ0n) is 8.74. The number of carboxylic acid groups (broad SMARTS) is 1. The molecule has 0 radical (unpaired) electrons. The number of hydrogen-bond donors (Lipinski definition) is 2. The first-order chi connectivity index (χ1) is 6.29. The molecule has 1 atom stereocenters. The second-order valence-corrected chi connectivity index (χ2v) is 4.33. The fourth-order valence-corrected chi connectivity index (χ4v) is 1.62. The number of allylic oxidation sites excluding steroid dienone is 2. The zero-order chi connectivity index (χ0) is 11.0. The van der Waals surface area contributed by atoms with Crippen molar-refractivity contribution in [2.45, 2.75) is 32.8 Å². The Bertz CT molecular complexity index is 312. The van der Waals surface area contributed by atoms with Crippen LogP contribution in [0.4, 0.5) is 0 Å². The first-order valence-electron chi connectivity index (χ1n) is 4.60. The molecule has 2 N–H and O–H groups in total. The average molecular weight is 196 g/mol. The zero-order valence-corrected chi connectivity index (χ0v) is 8.74. The van der Waals surface area contributed by atoms with Crippen molar-refractivity contribution in [2.24, 2.45) is 5.41 Å². The molecule has 0 aliphatic heterocycles. The van der Waals surface area contributed by atoms with E-state index in [-0.39, 0.29) is 6.42 Å². The van der Waals surface area contributed by atoms with Crippen molar-refractivity contribution >= 4 is 5.97 Å². The molecule has 0 amide bonds. The monoisotopic (exact) mass is 196 g/mol. The smallest absolute Gasteiger partial charge is 0.306 e. The maximum absolute atomic E-state index is 10.7. The van der Waals surface area contributed by atoms with Crippen molar-refractivity contribution in [3.63, 3.8) is 0 Å². The molecule has 0 aromatic rings. The third-order valence-corrected chi connectivity index (χ3v) is 3.21. The first kappa shape index (κ1) is 11.0. The topological polar surface area (TPSA) is 57.5 Å². The number of rotatable bonds is 2. The third kappa shape index (κ3) is 1.60. The molecule has 1 aliphatic rings. The van der Waals surface area contributed by atoms with Crippen LogP contribution in [-0.4, -0.2) is 21.8 Å². The van der Waals surface area contributed by atoms with Crippen LogP contribution in [0.15, 0.2) is 23.8 Å². The number of aliphatic carboxylic acids is 1. The van der Waals surface area contributed by atoms with Crippen molar-refractivity contribution in [1.29, 1.82) is 0 Å². The second kappa shape index (κ2) is 3.24. The van der Waals surface area contributed by atoms with Crippen LogP contribution in [0.25, 0.3) is 0 Å². The summed E-state index contributed by atoms with van der Waals surface area (Å²) in [5.41, 5.74) is -0.818. The summed E-state index contributed by atoms with van der Waals surface area (Å²) in [5.74, 6) is -0.986. The second-order valence-electron chi connectivity index (χ2n) is 4.33. The SMILES string of the molecule is CC1=CC=CC(O)(CC(=O)O)C1(C)C. The quantitative estimate of drug-likeness (QED) is 0.707. The van der Waals surface area contributed by atoms with Gasteiger partial charge in [0.2, 0.25) is 0 Å². The fraction of sp³-hybridized carbons (Fsp3) is 0.545. The number of aliphatic hydroxyl groups is 1. The Morgan fingerprint density at radius 1 is 1.50 bits per heavy atom. The molecule has 1 rings (SSSR count). The van der Waals surface area contributed by atoms with Gasteiger partial charge in [0, 0.05) is 5.41 Å². The summed E-state index contributed by atoms with van der Waals surface area (Å²) in [5, 5.41) is 19.0. The van der Waals surface area contributed by atoms with Gasteiger partial charge in [-0.3, -0.25) is 4.79 Å². The number of carbonyl (C=O) groups is 1. The van der Waals surface area contributed by atoms with Gasteiger partial charge in [-0.25, -0.2) is 0 Å². The molecule has 0 saturated heterocycles. The summed E-state index contributed by atoms with van der Waals surface area (Å²) in [6.45, 7) is 5.60. The Morgan fingerprint density at radius 3 is 2.57 bits per heavy atom. The molecule has 14 heavy (non-hydrogen) atoms. The maximum Gasteiger partial charge on any atom is 0.306 e. The van der Waals surface area contributed by atoms with Crippen LogP contribution in [0.2, 0.25) is 0 Å². The van der Waals surface area contributed by atoms with E-state index >= 15 is 0 Å². The van der Waals surface area contributed by atoms with Crippen LogP contribution in [0.3, 0.4) is 0 Å². The molecular weight excluding hydrogens is 180 g/mol. The first-order valence-corrected chi connectivity index (χ1v) is 4.60. The Kier molecular flexibility index (Phi) is 2.54. The van der Waals surface area contributed by atoms with E-state index in [0.29, 0.717) is 0 Å². The van der Waals surface area contributed by atoms with Gasteiger partial charge in [-0.15, -0.1) is 0 Å². The minimum absolute atomic E-state index is 0.262. The standard InChI is InChI=1S/C11H16O3/c1-8-5-4-6-11(14,7-9(12)13)10(8,2)3/h4-6,14H,7H2,1-3H3,(H,12,13). The van der Waals surface area contributed by atoms with Crippen LogP contribution in [-0.2, 0) is 4.79 Å². The van der Waals surface area contributed by atoms with Gasteiger partial charge in [-0.05, 0) is 6.92 Å². The summed E-state index contributed by atoms with van der Waals surface area (Å²) in [7, 11) is 0. The fourth-order valence-electron chi connectivity index (χ4n) is 1.62. The van der Waals surface area contributed by atoms with Gasteiger partial charge in [0.15, 0.2) is 0 Å². The highest BCUT2D eigenvalue weighted by Crippen LogP contribution is 2.43. The van der Waals surface area contributed by atoms with E-state index in [9.17, 15) is 9.90 Å². The van der Waals surface area contributed by atoms with E-state index in [1.165, 1.54) is 0 Å². The predicted molar refractivity (Wildman–Crippen MR) is 53.9 cm³/mol. The molecule has 1 unspecified atom stereocenters. The molecule has 3 heteroatoms. The van der Waals surface area contributed by atoms with Crippen LogP contribution < -0.4 is 0 Å². The normalized spacial score (nSPS) is 29.9. The molecule has 0 heterocycles. The van der Waals surface area contributed by atoms with Gasteiger partial charge in [0.1, 0.15) is 5.60 Å². The van der Waals surface area contributed by atoms with Crippen LogP contribution >= 0.6 is 0 Å². The molecule has 0 fully saturated rings. The van der Waals surface area contributed by atoms with E-state index in [4.69, 9.17) is 5.11 Å². The van der Waals surface area contributed by atoms with E-state index in [1.54, 1.807) is 12.2 Å².